The van der Waals surface area contributed by atoms with Crippen molar-refractivity contribution in [3.8, 4) is 5.75 Å². The summed E-state index contributed by atoms with van der Waals surface area (Å²) >= 11 is 0. The van der Waals surface area contributed by atoms with Crippen LogP contribution in [0.1, 0.15) is 22.0 Å². The van der Waals surface area contributed by atoms with Crippen molar-refractivity contribution in [1.82, 2.24) is 0 Å². The van der Waals surface area contributed by atoms with Gasteiger partial charge in [0.2, 0.25) is 5.69 Å². The number of nitrogens with zero attached hydrogens (tertiary/aromatic N) is 1. The van der Waals surface area contributed by atoms with Gasteiger partial charge in [0.05, 0.1) is 5.56 Å². The predicted octanol–water partition coefficient (Wildman–Crippen LogP) is 1.68. The van der Waals surface area contributed by atoms with Gasteiger partial charge in [-0.15, -0.1) is 0 Å². The molecule has 90 valence electrons. The first kappa shape index (κ1) is 10.8. The summed E-state index contributed by atoms with van der Waals surface area (Å²) in [5.41, 5.74) is 0.967. The van der Waals surface area contributed by atoms with Gasteiger partial charge in [0.15, 0.2) is 12.0 Å². The molecule has 4 nitrogen and oxygen atoms in total. The molecule has 0 aliphatic carbocycles. The number of pyridine rings is 1. The molecule has 1 aliphatic heterocycles. The second-order valence-electron chi connectivity index (χ2n) is 4.18. The SMILES string of the molecule is O=C1c2ccccc2OCC1c1cccc[n+]1[O-]. The van der Waals surface area contributed by atoms with Crippen molar-refractivity contribution in [3.63, 3.8) is 0 Å². The quantitative estimate of drug-likeness (QED) is 0.563. The van der Waals surface area contributed by atoms with Gasteiger partial charge in [0.1, 0.15) is 18.3 Å². The third-order valence-electron chi connectivity index (χ3n) is 3.09. The lowest BCUT2D eigenvalue weighted by atomic mass is 9.92. The Kier molecular flexibility index (Phi) is 2.48. The lowest BCUT2D eigenvalue weighted by Gasteiger charge is -2.22. The molecule has 0 amide bonds. The maximum absolute atomic E-state index is 12.3. The van der Waals surface area contributed by atoms with Crippen LogP contribution in [-0.4, -0.2) is 12.4 Å². The number of ketones is 1. The monoisotopic (exact) mass is 241 g/mol. The first-order valence-electron chi connectivity index (χ1n) is 5.71. The standard InChI is InChI=1S/C14H11NO3/c16-14-10-5-1-2-7-13(10)18-9-11(14)12-6-3-4-8-15(12)17/h1-8,11H,9H2. The summed E-state index contributed by atoms with van der Waals surface area (Å²) in [6, 6.07) is 12.1. The highest BCUT2D eigenvalue weighted by atomic mass is 16.5. The predicted molar refractivity (Wildman–Crippen MR) is 64.4 cm³/mol. The summed E-state index contributed by atoms with van der Waals surface area (Å²) in [5.74, 6) is -0.00150. The Morgan fingerprint density at radius 1 is 1.17 bits per heavy atom. The van der Waals surface area contributed by atoms with E-state index in [0.717, 1.165) is 4.73 Å². The lowest BCUT2D eigenvalue weighted by Crippen LogP contribution is -2.38. The smallest absolute Gasteiger partial charge is 0.207 e. The Morgan fingerprint density at radius 2 is 1.94 bits per heavy atom. The molecule has 1 atom stereocenters. The zero-order valence-electron chi connectivity index (χ0n) is 9.58. The minimum atomic E-state index is -0.529. The molecule has 0 fully saturated rings. The molecule has 0 N–H and O–H groups in total. The van der Waals surface area contributed by atoms with Crippen molar-refractivity contribution in [1.29, 1.82) is 0 Å². The molecule has 1 unspecified atom stereocenters. The van der Waals surface area contributed by atoms with Gasteiger partial charge in [-0.25, -0.2) is 0 Å². The van der Waals surface area contributed by atoms with Crippen molar-refractivity contribution >= 4 is 5.78 Å². The highest BCUT2D eigenvalue weighted by molar-refractivity contribution is 6.03. The number of ether oxygens (including phenoxy) is 1. The molecule has 1 aromatic heterocycles. The average molecular weight is 241 g/mol. The summed E-state index contributed by atoms with van der Waals surface area (Å²) in [7, 11) is 0. The molecule has 0 saturated heterocycles. The van der Waals surface area contributed by atoms with E-state index in [2.05, 4.69) is 0 Å². The molecular formula is C14H11NO3. The van der Waals surface area contributed by atoms with Crippen LogP contribution in [0.3, 0.4) is 0 Å². The number of rotatable bonds is 1. The first-order valence-corrected chi connectivity index (χ1v) is 5.71. The van der Waals surface area contributed by atoms with E-state index in [4.69, 9.17) is 4.74 Å². The number of hydrogen-bond donors (Lipinski definition) is 0. The van der Waals surface area contributed by atoms with E-state index in [0.29, 0.717) is 17.0 Å². The molecular weight excluding hydrogens is 230 g/mol. The number of hydrogen-bond acceptors (Lipinski definition) is 3. The van der Waals surface area contributed by atoms with E-state index in [1.165, 1.54) is 6.20 Å². The third-order valence-corrected chi connectivity index (χ3v) is 3.09. The minimum absolute atomic E-state index is 0.0624. The fourth-order valence-electron chi connectivity index (χ4n) is 2.16. The summed E-state index contributed by atoms with van der Waals surface area (Å²) in [5, 5.41) is 11.7. The number of carbonyl (C=O) groups is 1. The fraction of sp³-hybridized carbons (Fsp3) is 0.143. The van der Waals surface area contributed by atoms with Crippen molar-refractivity contribution < 1.29 is 14.3 Å². The van der Waals surface area contributed by atoms with Crippen LogP contribution >= 0.6 is 0 Å². The Labute approximate surface area is 104 Å². The first-order chi connectivity index (χ1) is 8.77. The fourth-order valence-corrected chi connectivity index (χ4v) is 2.16. The number of para-hydroxylation sites is 1. The van der Waals surface area contributed by atoms with Crippen molar-refractivity contribution in [2.75, 3.05) is 6.61 Å². The zero-order valence-corrected chi connectivity index (χ0v) is 9.58. The van der Waals surface area contributed by atoms with Gasteiger partial charge < -0.3 is 9.94 Å². The van der Waals surface area contributed by atoms with Crippen LogP contribution in [0, 0.1) is 5.21 Å². The summed E-state index contributed by atoms with van der Waals surface area (Å²) in [4.78, 5) is 12.3. The molecule has 0 bridgehead atoms. The molecule has 2 aromatic rings. The number of benzene rings is 1. The molecule has 1 aromatic carbocycles. The maximum atomic E-state index is 12.3. The Morgan fingerprint density at radius 3 is 2.78 bits per heavy atom. The van der Waals surface area contributed by atoms with E-state index in [1.807, 2.05) is 6.07 Å². The Bertz CT molecular complexity index is 609. The molecule has 0 spiro atoms. The van der Waals surface area contributed by atoms with Crippen LogP contribution in [0.25, 0.3) is 0 Å². The van der Waals surface area contributed by atoms with Crippen molar-refractivity contribution in [2.45, 2.75) is 5.92 Å². The second kappa shape index (κ2) is 4.14. The Balaban J connectivity index is 2.03. The molecule has 18 heavy (non-hydrogen) atoms. The van der Waals surface area contributed by atoms with Gasteiger partial charge in [0.25, 0.3) is 0 Å². The highest BCUT2D eigenvalue weighted by Crippen LogP contribution is 2.30. The number of Topliss-reactive ketones (excluding diaryl/α,β-unsaturated/α-hetero) is 1. The number of aromatic nitrogens is 1. The summed E-state index contributed by atoms with van der Waals surface area (Å²) < 4.78 is 6.26. The van der Waals surface area contributed by atoms with Crippen LogP contribution in [-0.2, 0) is 0 Å². The van der Waals surface area contributed by atoms with Gasteiger partial charge in [-0.3, -0.25) is 4.79 Å². The van der Waals surface area contributed by atoms with E-state index in [1.54, 1.807) is 36.4 Å². The lowest BCUT2D eigenvalue weighted by molar-refractivity contribution is -0.614. The van der Waals surface area contributed by atoms with E-state index in [9.17, 15) is 10.0 Å². The van der Waals surface area contributed by atoms with Crippen LogP contribution in [0.15, 0.2) is 48.7 Å². The molecule has 3 rings (SSSR count). The van der Waals surface area contributed by atoms with E-state index < -0.39 is 5.92 Å². The van der Waals surface area contributed by atoms with E-state index in [-0.39, 0.29) is 12.4 Å². The van der Waals surface area contributed by atoms with Crippen LogP contribution in [0.2, 0.25) is 0 Å². The van der Waals surface area contributed by atoms with Crippen LogP contribution in [0.5, 0.6) is 5.75 Å². The third kappa shape index (κ3) is 1.62. The van der Waals surface area contributed by atoms with Crippen LogP contribution in [0.4, 0.5) is 0 Å². The van der Waals surface area contributed by atoms with E-state index >= 15 is 0 Å². The van der Waals surface area contributed by atoms with Crippen LogP contribution < -0.4 is 9.47 Å². The highest BCUT2D eigenvalue weighted by Gasteiger charge is 2.34. The topological polar surface area (TPSA) is 53.2 Å². The summed E-state index contributed by atoms with van der Waals surface area (Å²) in [6.45, 7) is 0.210. The van der Waals surface area contributed by atoms with Gasteiger partial charge in [-0.05, 0) is 18.2 Å². The molecule has 0 saturated carbocycles. The normalized spacial score (nSPS) is 18.0. The van der Waals surface area contributed by atoms with Gasteiger partial charge in [0, 0.05) is 12.1 Å². The molecule has 1 aliphatic rings. The molecule has 4 heteroatoms. The minimum Gasteiger partial charge on any atom is -0.618 e. The van der Waals surface area contributed by atoms with Crippen molar-refractivity contribution in [2.24, 2.45) is 0 Å². The number of fused-ring (bicyclic) bond motifs is 1. The van der Waals surface area contributed by atoms with Gasteiger partial charge >= 0.3 is 0 Å². The largest absolute Gasteiger partial charge is 0.618 e. The summed E-state index contributed by atoms with van der Waals surface area (Å²) in [6.07, 6.45) is 1.39. The Hall–Kier alpha value is -2.36. The second-order valence-corrected chi connectivity index (χ2v) is 4.18. The van der Waals surface area contributed by atoms with Gasteiger partial charge in [-0.1, -0.05) is 12.1 Å². The zero-order chi connectivity index (χ0) is 12.5. The molecule has 0 radical (unpaired) electrons. The number of carbonyl (C=O) groups excluding carboxylic acids is 1. The van der Waals surface area contributed by atoms with Crippen molar-refractivity contribution in [3.05, 3.63) is 65.1 Å². The van der Waals surface area contributed by atoms with Gasteiger partial charge in [-0.2, -0.15) is 4.73 Å². The maximum Gasteiger partial charge on any atom is 0.207 e. The average Bonchev–Trinajstić information content (AvgIpc) is 2.41. The molecule has 2 heterocycles.